The van der Waals surface area contributed by atoms with E-state index in [1.807, 2.05) is 26.0 Å². The Bertz CT molecular complexity index is 402. The van der Waals surface area contributed by atoms with E-state index in [1.54, 1.807) is 17.4 Å². The van der Waals surface area contributed by atoms with E-state index in [4.69, 9.17) is 8.85 Å². The monoisotopic (exact) mass is 196 g/mol. The molecule has 0 bridgehead atoms. The maximum Gasteiger partial charge on any atom is 0.412 e. The number of nitrogens with one attached hydrogen (secondary N) is 1. The smallest absolute Gasteiger partial charge is 0.410 e. The zero-order valence-electron chi connectivity index (χ0n) is 11.2. The summed E-state index contributed by atoms with van der Waals surface area (Å²) in [6.45, 7) is 1.39. The molecule has 0 radical (unpaired) electrons. The molecule has 1 aromatic rings. The van der Waals surface area contributed by atoms with Gasteiger partial charge >= 0.3 is 6.09 Å². The number of ether oxygens (including phenoxy) is 1. The molecule has 0 fully saturated rings. The van der Waals surface area contributed by atoms with Crippen LogP contribution in [0.5, 0.6) is 5.75 Å². The lowest BCUT2D eigenvalue weighted by atomic mass is 10.0. The first-order valence-corrected chi connectivity index (χ1v) is 4.38. The van der Waals surface area contributed by atoms with Crippen molar-refractivity contribution in [3.05, 3.63) is 29.8 Å². The van der Waals surface area contributed by atoms with Crippen molar-refractivity contribution in [3.8, 4) is 5.75 Å². The lowest BCUT2D eigenvalue weighted by Crippen LogP contribution is -2.22. The van der Waals surface area contributed by atoms with Gasteiger partial charge in [-0.1, -0.05) is 32.0 Å². The van der Waals surface area contributed by atoms with Gasteiger partial charge in [0.05, 0.1) is 0 Å². The quantitative estimate of drug-likeness (QED) is 0.789. The van der Waals surface area contributed by atoms with Gasteiger partial charge in [0.15, 0.2) is 0 Å². The molecule has 0 saturated heterocycles. The van der Waals surface area contributed by atoms with E-state index < -0.39 is 13.1 Å². The second-order valence-corrected chi connectivity index (χ2v) is 3.21. The lowest BCUT2D eigenvalue weighted by Gasteiger charge is -2.11. The summed E-state index contributed by atoms with van der Waals surface area (Å²) in [5, 5.41) is 1.77. The third-order valence-corrected chi connectivity index (χ3v) is 1.85. The predicted molar refractivity (Wildman–Crippen MR) is 55.6 cm³/mol. The Hall–Kier alpha value is -1.51. The van der Waals surface area contributed by atoms with Crippen LogP contribution in [0.1, 0.15) is 29.4 Å². The standard InChI is InChI=1S/C11H15NO2/c1-8(2)9-6-4-5-7-10(9)14-11(13)12-3/h4-8H,1-3H3,(H,12,13)/i3D3. The molecule has 76 valence electrons. The van der Waals surface area contributed by atoms with Crippen LogP contribution in [-0.2, 0) is 0 Å². The molecule has 3 nitrogen and oxygen atoms in total. The van der Waals surface area contributed by atoms with Crippen LogP contribution >= 0.6 is 0 Å². The van der Waals surface area contributed by atoms with Crippen molar-refractivity contribution in [2.45, 2.75) is 19.8 Å². The van der Waals surface area contributed by atoms with Gasteiger partial charge in [-0.15, -0.1) is 0 Å². The summed E-state index contributed by atoms with van der Waals surface area (Å²) in [5.41, 5.74) is 0.855. The van der Waals surface area contributed by atoms with Gasteiger partial charge in [0.1, 0.15) is 5.75 Å². The fourth-order valence-corrected chi connectivity index (χ4v) is 1.18. The van der Waals surface area contributed by atoms with E-state index in [2.05, 4.69) is 0 Å². The SMILES string of the molecule is [2H]C([2H])([2H])NC(=O)Oc1ccccc1C(C)C. The van der Waals surface area contributed by atoms with Gasteiger partial charge in [-0.05, 0) is 17.5 Å². The molecule has 1 amide bonds. The van der Waals surface area contributed by atoms with E-state index in [-0.39, 0.29) is 5.92 Å². The Morgan fingerprint density at radius 2 is 2.21 bits per heavy atom. The molecule has 0 aliphatic carbocycles. The average molecular weight is 196 g/mol. The Kier molecular flexibility index (Phi) is 2.28. The molecular weight excluding hydrogens is 178 g/mol. The number of amides is 1. The van der Waals surface area contributed by atoms with Crippen molar-refractivity contribution in [2.24, 2.45) is 0 Å². The second-order valence-electron chi connectivity index (χ2n) is 3.21. The first kappa shape index (κ1) is 6.87. The average Bonchev–Trinajstić information content (AvgIpc) is 2.14. The summed E-state index contributed by atoms with van der Waals surface area (Å²) in [7, 11) is 0. The molecule has 0 aromatic heterocycles. The van der Waals surface area contributed by atoms with E-state index in [0.29, 0.717) is 5.75 Å². The topological polar surface area (TPSA) is 38.3 Å². The van der Waals surface area contributed by atoms with Crippen molar-refractivity contribution < 1.29 is 13.6 Å². The number of carbonyl (C=O) groups excluding carboxylic acids is 1. The highest BCUT2D eigenvalue weighted by Crippen LogP contribution is 2.25. The summed E-state index contributed by atoms with van der Waals surface area (Å²) in [5.74, 6) is 0.566. The fourth-order valence-electron chi connectivity index (χ4n) is 1.18. The highest BCUT2D eigenvalue weighted by Gasteiger charge is 2.09. The predicted octanol–water partition coefficient (Wildman–Crippen LogP) is 2.53. The molecule has 0 aliphatic heterocycles. The van der Waals surface area contributed by atoms with Crippen molar-refractivity contribution in [1.29, 1.82) is 0 Å². The van der Waals surface area contributed by atoms with Crippen LogP contribution < -0.4 is 10.1 Å². The third kappa shape index (κ3) is 2.49. The van der Waals surface area contributed by atoms with E-state index in [9.17, 15) is 4.79 Å². The highest BCUT2D eigenvalue weighted by atomic mass is 16.6. The van der Waals surface area contributed by atoms with Gasteiger partial charge in [0, 0.05) is 11.1 Å². The van der Waals surface area contributed by atoms with Gasteiger partial charge in [0.25, 0.3) is 0 Å². The Morgan fingerprint density at radius 3 is 2.86 bits per heavy atom. The molecule has 0 saturated carbocycles. The van der Waals surface area contributed by atoms with Gasteiger partial charge < -0.3 is 10.1 Å². The van der Waals surface area contributed by atoms with Crippen LogP contribution in [0.4, 0.5) is 4.79 Å². The summed E-state index contributed by atoms with van der Waals surface area (Å²) in [6.07, 6.45) is -0.974. The number of hydrogen-bond donors (Lipinski definition) is 1. The molecule has 1 rings (SSSR count). The first-order chi connectivity index (χ1) is 7.79. The third-order valence-electron chi connectivity index (χ3n) is 1.85. The van der Waals surface area contributed by atoms with Crippen LogP contribution in [0.25, 0.3) is 0 Å². The number of benzene rings is 1. The zero-order chi connectivity index (χ0) is 13.1. The fraction of sp³-hybridized carbons (Fsp3) is 0.364. The van der Waals surface area contributed by atoms with Crippen LogP contribution in [0.2, 0.25) is 0 Å². The minimum absolute atomic E-state index is 0.187. The second kappa shape index (κ2) is 4.65. The minimum atomic E-state index is -2.54. The summed E-state index contributed by atoms with van der Waals surface area (Å²) >= 11 is 0. The molecule has 0 aliphatic rings. The molecule has 0 atom stereocenters. The van der Waals surface area contributed by atoms with Gasteiger partial charge in [-0.2, -0.15) is 0 Å². The molecule has 0 heterocycles. The molecule has 14 heavy (non-hydrogen) atoms. The highest BCUT2D eigenvalue weighted by molar-refractivity contribution is 5.70. The van der Waals surface area contributed by atoms with Crippen LogP contribution in [0.3, 0.4) is 0 Å². The molecule has 0 spiro atoms. The lowest BCUT2D eigenvalue weighted by molar-refractivity contribution is 0.202. The number of rotatable bonds is 2. The summed E-state index contributed by atoms with van der Waals surface area (Å²) in [4.78, 5) is 11.3. The number of carbonyl (C=O) groups is 1. The minimum Gasteiger partial charge on any atom is -0.410 e. The van der Waals surface area contributed by atoms with Gasteiger partial charge in [-0.25, -0.2) is 4.79 Å². The summed E-state index contributed by atoms with van der Waals surface area (Å²) in [6, 6.07) is 7.03. The van der Waals surface area contributed by atoms with Crippen molar-refractivity contribution >= 4 is 6.09 Å². The van der Waals surface area contributed by atoms with Crippen LogP contribution in [0.15, 0.2) is 24.3 Å². The molecule has 1 N–H and O–H groups in total. The van der Waals surface area contributed by atoms with E-state index >= 15 is 0 Å². The Balaban J connectivity index is 2.78. The zero-order valence-corrected chi connectivity index (χ0v) is 8.20. The molecule has 1 aromatic carbocycles. The molecule has 3 heteroatoms. The van der Waals surface area contributed by atoms with Gasteiger partial charge in [-0.3, -0.25) is 0 Å². The maximum absolute atomic E-state index is 11.3. The normalized spacial score (nSPS) is 14.1. The molecule has 0 unspecified atom stereocenters. The summed E-state index contributed by atoms with van der Waals surface area (Å²) < 4.78 is 25.6. The maximum atomic E-state index is 11.3. The number of para-hydroxylation sites is 1. The van der Waals surface area contributed by atoms with Crippen molar-refractivity contribution in [1.82, 2.24) is 5.32 Å². The first-order valence-electron chi connectivity index (χ1n) is 5.88. The number of hydrogen-bond acceptors (Lipinski definition) is 2. The van der Waals surface area contributed by atoms with Crippen LogP contribution in [0, 0.1) is 0 Å². The van der Waals surface area contributed by atoms with E-state index in [0.717, 1.165) is 5.56 Å². The van der Waals surface area contributed by atoms with Gasteiger partial charge in [0.2, 0.25) is 0 Å². The Morgan fingerprint density at radius 1 is 1.50 bits per heavy atom. The Labute approximate surface area is 88.3 Å². The van der Waals surface area contributed by atoms with Crippen molar-refractivity contribution in [2.75, 3.05) is 6.98 Å². The largest absolute Gasteiger partial charge is 0.412 e. The molecular formula is C11H15NO2. The van der Waals surface area contributed by atoms with Crippen LogP contribution in [-0.4, -0.2) is 13.1 Å². The van der Waals surface area contributed by atoms with E-state index in [1.165, 1.54) is 0 Å². The van der Waals surface area contributed by atoms with Crippen molar-refractivity contribution in [3.63, 3.8) is 0 Å².